The normalized spacial score (nSPS) is 41.0. The minimum atomic E-state index is -0.111. The van der Waals surface area contributed by atoms with E-state index in [9.17, 15) is 10.1 Å². The van der Waals surface area contributed by atoms with Gasteiger partial charge in [0.15, 0.2) is 0 Å². The van der Waals surface area contributed by atoms with Crippen molar-refractivity contribution in [3.63, 3.8) is 0 Å². The Morgan fingerprint density at radius 2 is 1.80 bits per heavy atom. The van der Waals surface area contributed by atoms with E-state index in [2.05, 4.69) is 27.3 Å². The number of hydrogen-bond donors (Lipinski definition) is 4. The summed E-state index contributed by atoms with van der Waals surface area (Å²) in [5, 5.41) is 24.7. The Hall–Kier alpha value is -0.950. The maximum absolute atomic E-state index is 13.2. The van der Waals surface area contributed by atoms with E-state index in [1.54, 1.807) is 0 Å². The Morgan fingerprint density at radius 3 is 2.52 bits per heavy atom. The van der Waals surface area contributed by atoms with E-state index in [1.165, 1.54) is 25.7 Å². The quantitative estimate of drug-likeness (QED) is 0.310. The molecule has 0 spiro atoms. The maximum atomic E-state index is 13.2. The van der Waals surface area contributed by atoms with Crippen molar-refractivity contribution in [3.8, 4) is 6.07 Å². The average Bonchev–Trinajstić information content (AvgIpc) is 2.98. The molecule has 8 nitrogen and oxygen atoms in total. The first-order valence-corrected chi connectivity index (χ1v) is 16.8. The summed E-state index contributed by atoms with van der Waals surface area (Å²) in [4.78, 5) is 13.2. The van der Waals surface area contributed by atoms with E-state index in [4.69, 9.17) is 21.1 Å². The van der Waals surface area contributed by atoms with Gasteiger partial charge in [-0.25, -0.2) is 0 Å². The summed E-state index contributed by atoms with van der Waals surface area (Å²) in [5.41, 5.74) is 0. The molecule has 0 aromatic rings. The Bertz CT molecular complexity index is 845. The van der Waals surface area contributed by atoms with Crippen LogP contribution in [0.15, 0.2) is 0 Å². The topological polar surface area (TPSA) is 107 Å². The van der Waals surface area contributed by atoms with Crippen molar-refractivity contribution in [2.75, 3.05) is 26.3 Å². The summed E-state index contributed by atoms with van der Waals surface area (Å²) in [6.45, 7) is 5.19. The number of nitrogens with zero attached hydrogens (tertiary/aromatic N) is 1. The summed E-state index contributed by atoms with van der Waals surface area (Å²) in [6, 6.07) is 3.65. The van der Waals surface area contributed by atoms with E-state index < -0.39 is 0 Å². The van der Waals surface area contributed by atoms with Gasteiger partial charge in [0.1, 0.15) is 0 Å². The van der Waals surface area contributed by atoms with Gasteiger partial charge in [0.05, 0.1) is 42.2 Å². The molecule has 2 saturated heterocycles. The van der Waals surface area contributed by atoms with Crippen molar-refractivity contribution in [2.24, 2.45) is 17.8 Å². The second kappa shape index (κ2) is 15.0. The number of amides is 1. The third-order valence-corrected chi connectivity index (χ3v) is 10.8. The fourth-order valence-corrected chi connectivity index (χ4v) is 8.53. The standard InChI is InChI=1S/C31H52ClN5O3/c1-2-39-29-16-26-24(15-27(29)37-31(38)20-8-4-3-5-9-20)30(21(17-33)18-35-26)36-22-11-12-28(25(32)14-22)40-19-23-10-6-7-13-34-23/h20-30,34-36H,2-16,18-19H2,1H3,(H,37,38). The number of nitrogens with one attached hydrogen (secondary N) is 4. The molecule has 3 aliphatic carbocycles. The first-order chi connectivity index (χ1) is 19.6. The zero-order chi connectivity index (χ0) is 27.9. The molecule has 9 heteroatoms. The number of ether oxygens (including phenoxy) is 2. The van der Waals surface area contributed by atoms with Crippen LogP contribution in [0.3, 0.4) is 0 Å². The van der Waals surface area contributed by atoms with Crippen LogP contribution in [0.2, 0.25) is 0 Å². The van der Waals surface area contributed by atoms with Crippen molar-refractivity contribution in [2.45, 2.75) is 138 Å². The van der Waals surface area contributed by atoms with Crippen molar-refractivity contribution in [1.82, 2.24) is 21.3 Å². The van der Waals surface area contributed by atoms with Gasteiger partial charge in [-0.2, -0.15) is 5.26 Å². The van der Waals surface area contributed by atoms with E-state index in [0.717, 1.165) is 70.9 Å². The summed E-state index contributed by atoms with van der Waals surface area (Å²) in [7, 11) is 0. The number of rotatable bonds is 9. The lowest BCUT2D eigenvalue weighted by Gasteiger charge is -2.50. The third-order valence-electron chi connectivity index (χ3n) is 10.4. The Morgan fingerprint density at radius 1 is 0.975 bits per heavy atom. The maximum Gasteiger partial charge on any atom is 0.223 e. The van der Waals surface area contributed by atoms with Crippen LogP contribution in [0.1, 0.15) is 90.4 Å². The van der Waals surface area contributed by atoms with Gasteiger partial charge in [-0.15, -0.1) is 11.6 Å². The number of nitriles is 1. The van der Waals surface area contributed by atoms with Gasteiger partial charge in [0, 0.05) is 43.2 Å². The summed E-state index contributed by atoms with van der Waals surface area (Å²) in [5.74, 6) is 0.474. The molecular weight excluding hydrogens is 526 g/mol. The monoisotopic (exact) mass is 577 g/mol. The minimum absolute atomic E-state index is 0.00374. The highest BCUT2D eigenvalue weighted by Crippen LogP contribution is 2.37. The van der Waals surface area contributed by atoms with Gasteiger partial charge in [-0.1, -0.05) is 25.7 Å². The van der Waals surface area contributed by atoms with E-state index >= 15 is 0 Å². The lowest BCUT2D eigenvalue weighted by Crippen LogP contribution is -2.66. The van der Waals surface area contributed by atoms with Gasteiger partial charge >= 0.3 is 0 Å². The van der Waals surface area contributed by atoms with Crippen molar-refractivity contribution in [3.05, 3.63) is 0 Å². The molecule has 5 aliphatic rings. The molecule has 5 fully saturated rings. The Balaban J connectivity index is 1.19. The van der Waals surface area contributed by atoms with Crippen LogP contribution < -0.4 is 21.3 Å². The van der Waals surface area contributed by atoms with Crippen molar-refractivity contribution >= 4 is 17.5 Å². The highest BCUT2D eigenvalue weighted by atomic mass is 35.5. The van der Waals surface area contributed by atoms with Crippen molar-refractivity contribution in [1.29, 1.82) is 5.26 Å². The molecular formula is C31H52ClN5O3. The van der Waals surface area contributed by atoms with Gasteiger partial charge < -0.3 is 30.7 Å². The lowest BCUT2D eigenvalue weighted by atomic mass is 9.69. The molecule has 0 aromatic carbocycles. The molecule has 40 heavy (non-hydrogen) atoms. The second-order valence-corrected chi connectivity index (χ2v) is 13.6. The van der Waals surface area contributed by atoms with Crippen molar-refractivity contribution < 1.29 is 14.3 Å². The van der Waals surface area contributed by atoms with Gasteiger partial charge in [0.25, 0.3) is 0 Å². The number of alkyl halides is 1. The molecule has 4 N–H and O–H groups in total. The SMILES string of the molecule is CCOC1CC2NCC(C#N)C(NC3CCC(OCC4CCCCN4)C(Cl)C3)C2CC1NC(=O)C1CCCCC1. The largest absolute Gasteiger partial charge is 0.376 e. The smallest absolute Gasteiger partial charge is 0.223 e. The lowest BCUT2D eigenvalue weighted by molar-refractivity contribution is -0.129. The number of fused-ring (bicyclic) bond motifs is 1. The first-order valence-electron chi connectivity index (χ1n) is 16.4. The predicted octanol–water partition coefficient (Wildman–Crippen LogP) is 3.62. The summed E-state index contributed by atoms with van der Waals surface area (Å²) < 4.78 is 12.5. The number of halogens is 1. The summed E-state index contributed by atoms with van der Waals surface area (Å²) in [6.07, 6.45) is 13.8. The third kappa shape index (κ3) is 7.71. The zero-order valence-corrected chi connectivity index (χ0v) is 25.2. The molecule has 2 heterocycles. The van der Waals surface area contributed by atoms with E-state index in [1.807, 2.05) is 6.92 Å². The van der Waals surface area contributed by atoms with Crippen LogP contribution in [0.4, 0.5) is 0 Å². The van der Waals surface area contributed by atoms with Crippen LogP contribution in [0.25, 0.3) is 0 Å². The number of piperidine rings is 2. The molecule has 0 radical (unpaired) electrons. The predicted molar refractivity (Wildman–Crippen MR) is 157 cm³/mol. The number of carbonyl (C=O) groups excluding carboxylic acids is 1. The molecule has 2 aliphatic heterocycles. The van der Waals surface area contributed by atoms with Gasteiger partial charge in [-0.05, 0) is 77.2 Å². The fraction of sp³-hybridized carbons (Fsp3) is 0.935. The average molecular weight is 578 g/mol. The Labute approximate surface area is 246 Å². The van der Waals surface area contributed by atoms with Crippen LogP contribution >= 0.6 is 11.6 Å². The minimum Gasteiger partial charge on any atom is -0.376 e. The zero-order valence-electron chi connectivity index (χ0n) is 24.4. The van der Waals surface area contributed by atoms with Crippen LogP contribution in [-0.2, 0) is 14.3 Å². The molecule has 10 unspecified atom stereocenters. The highest BCUT2D eigenvalue weighted by molar-refractivity contribution is 6.21. The molecule has 1 amide bonds. The van der Waals surface area contributed by atoms with E-state index in [0.29, 0.717) is 19.2 Å². The summed E-state index contributed by atoms with van der Waals surface area (Å²) >= 11 is 6.90. The number of carbonyl (C=O) groups is 1. The van der Waals surface area contributed by atoms with Gasteiger partial charge in [-0.3, -0.25) is 4.79 Å². The molecule has 0 aromatic heterocycles. The number of hydrogen-bond acceptors (Lipinski definition) is 7. The molecule has 5 rings (SSSR count). The first kappa shape index (κ1) is 30.5. The molecule has 0 bridgehead atoms. The van der Waals surface area contributed by atoms with Crippen LogP contribution in [0, 0.1) is 29.1 Å². The Kier molecular flexibility index (Phi) is 11.4. The highest BCUT2D eigenvalue weighted by Gasteiger charge is 2.48. The second-order valence-electron chi connectivity index (χ2n) is 13.1. The molecule has 3 saturated carbocycles. The van der Waals surface area contributed by atoms with Crippen LogP contribution in [0.5, 0.6) is 0 Å². The molecule has 10 atom stereocenters. The van der Waals surface area contributed by atoms with Crippen LogP contribution in [-0.4, -0.2) is 80.0 Å². The molecule has 226 valence electrons. The fourth-order valence-electron chi connectivity index (χ4n) is 8.12. The van der Waals surface area contributed by atoms with E-state index in [-0.39, 0.29) is 65.4 Å². The van der Waals surface area contributed by atoms with Gasteiger partial charge in [0.2, 0.25) is 5.91 Å².